The van der Waals surface area contributed by atoms with Gasteiger partial charge >= 0.3 is 0 Å². The first-order valence-electron chi connectivity index (χ1n) is 9.77. The zero-order valence-electron chi connectivity index (χ0n) is 17.0. The molecule has 156 valence electrons. The number of hydrogen-bond acceptors (Lipinski definition) is 7. The maximum atomic E-state index is 12.6. The van der Waals surface area contributed by atoms with Crippen molar-refractivity contribution in [2.75, 3.05) is 12.9 Å². The highest BCUT2D eigenvalue weighted by molar-refractivity contribution is 7.98. The summed E-state index contributed by atoms with van der Waals surface area (Å²) < 4.78 is 5.73. The molecule has 0 amide bonds. The molecule has 0 aromatic carbocycles. The Hall–Kier alpha value is -3.52. The Morgan fingerprint density at radius 2 is 2.03 bits per heavy atom. The van der Waals surface area contributed by atoms with Crippen LogP contribution in [-0.4, -0.2) is 37.8 Å². The zero-order chi connectivity index (χ0) is 21.6. The second kappa shape index (κ2) is 9.53. The number of fused-ring (bicyclic) bond motifs is 1. The molecule has 0 saturated heterocycles. The number of rotatable bonds is 8. The van der Waals surface area contributed by atoms with Crippen molar-refractivity contribution in [1.82, 2.24) is 24.9 Å². The number of nitrogens with one attached hydrogen (secondary N) is 1. The third-order valence-electron chi connectivity index (χ3n) is 4.72. The summed E-state index contributed by atoms with van der Waals surface area (Å²) in [7, 11) is 0. The van der Waals surface area contributed by atoms with Crippen LogP contribution in [0.4, 0.5) is 0 Å². The summed E-state index contributed by atoms with van der Waals surface area (Å²) in [5.74, 6) is 0.791. The lowest BCUT2D eigenvalue weighted by atomic mass is 10.1. The number of aryl methyl sites for hydroxylation is 1. The molecule has 0 bridgehead atoms. The first kappa shape index (κ1) is 20.7. The van der Waals surface area contributed by atoms with E-state index in [2.05, 4.69) is 31.5 Å². The van der Waals surface area contributed by atoms with Crippen molar-refractivity contribution < 1.29 is 4.74 Å². The molecule has 0 aliphatic rings. The molecule has 0 atom stereocenters. The van der Waals surface area contributed by atoms with Gasteiger partial charge in [-0.2, -0.15) is 0 Å². The van der Waals surface area contributed by atoms with Crippen molar-refractivity contribution in [3.8, 4) is 17.4 Å². The summed E-state index contributed by atoms with van der Waals surface area (Å²) in [5.41, 5.74) is 3.10. The molecule has 31 heavy (non-hydrogen) atoms. The molecular weight excluding hydrogens is 410 g/mol. The summed E-state index contributed by atoms with van der Waals surface area (Å²) in [6.07, 6.45) is 10.8. The number of aromatic nitrogens is 5. The number of pyridine rings is 3. The minimum atomic E-state index is -0.335. The summed E-state index contributed by atoms with van der Waals surface area (Å²) in [5, 5.41) is 0. The van der Waals surface area contributed by atoms with E-state index in [1.54, 1.807) is 48.6 Å². The van der Waals surface area contributed by atoms with Crippen LogP contribution in [-0.2, 0) is 6.42 Å². The standard InChI is InChI=1S/C23H21N5O2S/c1-3-16-13-18(25-14-19(16)31-2)22-26-17-6-7-20(27-21(17)23(29)28-22)30-12-4-5-15-8-10-24-11-9-15/h3,6-11,13-14H,1,4-5,12H2,2H3,(H,26,28,29). The van der Waals surface area contributed by atoms with Crippen molar-refractivity contribution >= 4 is 28.9 Å². The zero-order valence-corrected chi connectivity index (χ0v) is 17.9. The van der Waals surface area contributed by atoms with Crippen molar-refractivity contribution in [3.63, 3.8) is 0 Å². The lowest BCUT2D eigenvalue weighted by Crippen LogP contribution is -2.12. The van der Waals surface area contributed by atoms with Gasteiger partial charge < -0.3 is 9.72 Å². The fourth-order valence-electron chi connectivity index (χ4n) is 3.13. The lowest BCUT2D eigenvalue weighted by Gasteiger charge is -2.08. The average molecular weight is 432 g/mol. The maximum Gasteiger partial charge on any atom is 0.277 e. The minimum absolute atomic E-state index is 0.236. The average Bonchev–Trinajstić information content (AvgIpc) is 2.82. The van der Waals surface area contributed by atoms with Crippen LogP contribution in [0.2, 0.25) is 0 Å². The smallest absolute Gasteiger partial charge is 0.277 e. The first-order chi connectivity index (χ1) is 15.2. The van der Waals surface area contributed by atoms with E-state index >= 15 is 0 Å². The lowest BCUT2D eigenvalue weighted by molar-refractivity contribution is 0.300. The predicted octanol–water partition coefficient (Wildman–Crippen LogP) is 4.15. The predicted molar refractivity (Wildman–Crippen MR) is 123 cm³/mol. The molecule has 7 nitrogen and oxygen atoms in total. The molecule has 8 heteroatoms. The molecule has 4 heterocycles. The van der Waals surface area contributed by atoms with Crippen molar-refractivity contribution in [3.05, 3.63) is 77.0 Å². The van der Waals surface area contributed by atoms with Crippen molar-refractivity contribution in [2.24, 2.45) is 0 Å². The number of aromatic amines is 1. The topological polar surface area (TPSA) is 93.6 Å². The second-order valence-corrected chi connectivity index (χ2v) is 7.60. The van der Waals surface area contributed by atoms with Gasteiger partial charge in [-0.05, 0) is 54.5 Å². The van der Waals surface area contributed by atoms with Gasteiger partial charge in [0.2, 0.25) is 5.88 Å². The van der Waals surface area contributed by atoms with E-state index < -0.39 is 0 Å². The molecular formula is C23H21N5O2S. The normalized spacial score (nSPS) is 10.9. The molecule has 4 rings (SSSR count). The Morgan fingerprint density at radius 3 is 2.81 bits per heavy atom. The maximum absolute atomic E-state index is 12.6. The summed E-state index contributed by atoms with van der Waals surface area (Å²) in [6.45, 7) is 4.34. The molecule has 0 radical (unpaired) electrons. The molecule has 0 fully saturated rings. The van der Waals surface area contributed by atoms with Crippen LogP contribution in [0.3, 0.4) is 0 Å². The molecule has 0 spiro atoms. The first-order valence-corrected chi connectivity index (χ1v) is 11.0. The molecule has 4 aromatic heterocycles. The molecule has 0 saturated carbocycles. The minimum Gasteiger partial charge on any atom is -0.478 e. The van der Waals surface area contributed by atoms with Gasteiger partial charge in [-0.3, -0.25) is 14.8 Å². The quantitative estimate of drug-likeness (QED) is 0.331. The third kappa shape index (κ3) is 4.80. The van der Waals surface area contributed by atoms with Crippen LogP contribution in [0, 0.1) is 0 Å². The Morgan fingerprint density at radius 1 is 1.19 bits per heavy atom. The van der Waals surface area contributed by atoms with Crippen molar-refractivity contribution in [2.45, 2.75) is 17.7 Å². The number of H-pyrrole nitrogens is 1. The van der Waals surface area contributed by atoms with Gasteiger partial charge in [0.1, 0.15) is 5.69 Å². The van der Waals surface area contributed by atoms with Gasteiger partial charge in [0.05, 0.1) is 12.1 Å². The van der Waals surface area contributed by atoms with Crippen LogP contribution in [0.1, 0.15) is 17.5 Å². The largest absolute Gasteiger partial charge is 0.478 e. The number of thioether (sulfide) groups is 1. The molecule has 0 aliphatic heterocycles. The van der Waals surface area contributed by atoms with E-state index in [1.165, 1.54) is 5.56 Å². The van der Waals surface area contributed by atoms with Crippen LogP contribution < -0.4 is 10.3 Å². The van der Waals surface area contributed by atoms with Gasteiger partial charge in [-0.1, -0.05) is 12.7 Å². The highest BCUT2D eigenvalue weighted by Gasteiger charge is 2.11. The molecule has 0 unspecified atom stereocenters. The highest BCUT2D eigenvalue weighted by atomic mass is 32.2. The highest BCUT2D eigenvalue weighted by Crippen LogP contribution is 2.24. The number of nitrogens with zero attached hydrogens (tertiary/aromatic N) is 4. The Kier molecular flexibility index (Phi) is 6.37. The second-order valence-electron chi connectivity index (χ2n) is 6.75. The molecule has 1 N–H and O–H groups in total. The van der Waals surface area contributed by atoms with E-state index in [9.17, 15) is 4.79 Å². The van der Waals surface area contributed by atoms with Crippen molar-refractivity contribution in [1.29, 1.82) is 0 Å². The van der Waals surface area contributed by atoms with Gasteiger partial charge in [0.15, 0.2) is 11.3 Å². The summed E-state index contributed by atoms with van der Waals surface area (Å²) >= 11 is 1.59. The van der Waals surface area contributed by atoms with E-state index in [0.29, 0.717) is 29.5 Å². The van der Waals surface area contributed by atoms with Gasteiger partial charge in [-0.25, -0.2) is 9.97 Å². The summed E-state index contributed by atoms with van der Waals surface area (Å²) in [6, 6.07) is 9.29. The molecule has 0 aliphatic carbocycles. The molecule has 4 aromatic rings. The number of hydrogen-bond donors (Lipinski definition) is 1. The van der Waals surface area contributed by atoms with Crippen LogP contribution in [0.5, 0.6) is 5.88 Å². The fourth-order valence-corrected chi connectivity index (χ4v) is 3.66. The van der Waals surface area contributed by atoms with E-state index in [0.717, 1.165) is 23.3 Å². The number of ether oxygens (including phenoxy) is 1. The Bertz CT molecular complexity index is 1270. The van der Waals surface area contributed by atoms with E-state index in [-0.39, 0.29) is 11.1 Å². The monoisotopic (exact) mass is 431 g/mol. The van der Waals surface area contributed by atoms with Crippen LogP contribution in [0.25, 0.3) is 28.6 Å². The van der Waals surface area contributed by atoms with Crippen LogP contribution in [0.15, 0.2) is 65.2 Å². The Labute approximate surface area is 183 Å². The fraction of sp³-hybridized carbons (Fsp3) is 0.174. The SMILES string of the molecule is C=Cc1cc(-c2nc3ccc(OCCCc4ccncc4)nc3c(=O)[nH]2)ncc1SC. The van der Waals surface area contributed by atoms with Gasteiger partial charge in [0.25, 0.3) is 5.56 Å². The van der Waals surface area contributed by atoms with E-state index in [4.69, 9.17) is 4.74 Å². The Balaban J connectivity index is 1.51. The van der Waals surface area contributed by atoms with Gasteiger partial charge in [-0.15, -0.1) is 11.8 Å². The summed E-state index contributed by atoms with van der Waals surface area (Å²) in [4.78, 5) is 33.7. The van der Waals surface area contributed by atoms with E-state index in [1.807, 2.05) is 24.5 Å². The van der Waals surface area contributed by atoms with Gasteiger partial charge in [0, 0.05) is 29.6 Å². The van der Waals surface area contributed by atoms with Crippen LogP contribution >= 0.6 is 11.8 Å². The third-order valence-corrected chi connectivity index (χ3v) is 5.50.